The molecule has 16 heavy (non-hydrogen) atoms. The minimum atomic E-state index is -0.140. The van der Waals surface area contributed by atoms with E-state index in [9.17, 15) is 0 Å². The van der Waals surface area contributed by atoms with E-state index in [2.05, 4.69) is 22.6 Å². The molecule has 0 amide bonds. The fraction of sp³-hybridized carbons (Fsp3) is 1.00. The van der Waals surface area contributed by atoms with E-state index >= 15 is 0 Å². The highest BCUT2D eigenvalue weighted by atomic mass is 127. The van der Waals surface area contributed by atoms with Gasteiger partial charge in [0.1, 0.15) is 0 Å². The molecule has 1 heterocycles. The molecule has 1 aliphatic rings. The number of alkyl halides is 1. The normalized spacial score (nSPS) is 26.9. The zero-order chi connectivity index (χ0) is 13.2. The number of hydrogen-bond donors (Lipinski definition) is 0. The van der Waals surface area contributed by atoms with Gasteiger partial charge in [0.2, 0.25) is 0 Å². The monoisotopic (exact) mass is 342 g/mol. The molecule has 3 heteroatoms. The van der Waals surface area contributed by atoms with Gasteiger partial charge < -0.3 is 9.47 Å². The summed E-state index contributed by atoms with van der Waals surface area (Å²) in [6.45, 7) is 1.29. The van der Waals surface area contributed by atoms with Gasteiger partial charge in [-0.25, -0.2) is 0 Å². The Bertz CT molecular complexity index is 201. The molecule has 0 N–H and O–H groups in total. The lowest BCUT2D eigenvalue weighted by Gasteiger charge is -2.22. The predicted molar refractivity (Wildman–Crippen MR) is 76.1 cm³/mol. The summed E-state index contributed by atoms with van der Waals surface area (Å²) < 4.78 is 27.5. The van der Waals surface area contributed by atoms with E-state index in [1.165, 1.54) is 6.42 Å². The molecule has 1 saturated heterocycles. The number of ether oxygens (including phenoxy) is 2. The number of unbranched alkanes of at least 4 members (excludes halogenated alkanes) is 1. The van der Waals surface area contributed by atoms with Crippen molar-refractivity contribution in [1.82, 2.24) is 0 Å². The lowest BCUT2D eigenvalue weighted by Crippen LogP contribution is -2.22. The van der Waals surface area contributed by atoms with Gasteiger partial charge in [0.25, 0.3) is 0 Å². The molecular weight excluding hydrogens is 315 g/mol. The predicted octanol–water partition coefficient (Wildman–Crippen LogP) is 4.31. The second-order valence-electron chi connectivity index (χ2n) is 4.15. The topological polar surface area (TPSA) is 18.5 Å². The molecule has 3 atom stereocenters. The lowest BCUT2D eigenvalue weighted by molar-refractivity contribution is -0.162. The third-order valence-electron chi connectivity index (χ3n) is 2.71. The Balaban J connectivity index is 1.94. The summed E-state index contributed by atoms with van der Waals surface area (Å²) in [7, 11) is 0. The zero-order valence-electron chi connectivity index (χ0n) is 12.0. The van der Waals surface area contributed by atoms with Crippen molar-refractivity contribution in [2.24, 2.45) is 0 Å². The summed E-state index contributed by atoms with van der Waals surface area (Å²) in [6.07, 6.45) is 7.08. The van der Waals surface area contributed by atoms with E-state index in [-0.39, 0.29) is 19.1 Å². The number of rotatable bonds is 9. The molecule has 0 radical (unpaired) electrons. The van der Waals surface area contributed by atoms with Gasteiger partial charge >= 0.3 is 0 Å². The highest BCUT2D eigenvalue weighted by Gasteiger charge is 2.12. The van der Waals surface area contributed by atoms with E-state index in [0.717, 1.165) is 49.6 Å². The number of halogens is 1. The fourth-order valence-electron chi connectivity index (χ4n) is 1.76. The Morgan fingerprint density at radius 2 is 2.00 bits per heavy atom. The van der Waals surface area contributed by atoms with Crippen LogP contribution in [0.15, 0.2) is 0 Å². The SMILES string of the molecule is [2H]C(CI)CCCCC([2H])COC1CCCCO1. The maximum absolute atomic E-state index is 7.89. The first kappa shape index (κ1) is 11.7. The molecule has 0 aromatic rings. The quantitative estimate of drug-likeness (QED) is 0.353. The standard InChI is InChI=1S/C13H25IO2/c14-10-6-3-1-2-4-7-11-15-13-9-5-8-12-16-13/h13H,1-12H2/i6D,7D. The Hall–Kier alpha value is 0.650. The Kier molecular flexibility index (Phi) is 7.90. The molecule has 0 spiro atoms. The fourth-order valence-corrected chi connectivity index (χ4v) is 2.20. The summed E-state index contributed by atoms with van der Waals surface area (Å²) in [6, 6.07) is 0. The van der Waals surface area contributed by atoms with Crippen molar-refractivity contribution >= 4 is 22.6 Å². The van der Waals surface area contributed by atoms with Gasteiger partial charge in [0.05, 0.1) is 0 Å². The van der Waals surface area contributed by atoms with Gasteiger partial charge in [0, 0.05) is 16.0 Å². The van der Waals surface area contributed by atoms with Gasteiger partial charge in [0.15, 0.2) is 6.29 Å². The third kappa shape index (κ3) is 7.85. The maximum Gasteiger partial charge on any atom is 0.157 e. The molecule has 1 fully saturated rings. The van der Waals surface area contributed by atoms with Crippen LogP contribution in [0.1, 0.15) is 60.5 Å². The van der Waals surface area contributed by atoms with Crippen LogP contribution in [0.2, 0.25) is 0 Å². The van der Waals surface area contributed by atoms with Crippen LogP contribution in [0.25, 0.3) is 0 Å². The Morgan fingerprint density at radius 1 is 1.19 bits per heavy atom. The lowest BCUT2D eigenvalue weighted by atomic mass is 10.1. The minimum absolute atomic E-state index is 0.0664. The summed E-state index contributed by atoms with van der Waals surface area (Å²) in [5.41, 5.74) is 0. The van der Waals surface area contributed by atoms with Crippen LogP contribution >= 0.6 is 22.6 Å². The number of hydrogen-bond acceptors (Lipinski definition) is 2. The molecule has 0 saturated carbocycles. The van der Waals surface area contributed by atoms with Crippen molar-refractivity contribution in [3.63, 3.8) is 0 Å². The maximum atomic E-state index is 7.89. The molecule has 0 aliphatic carbocycles. The summed E-state index contributed by atoms with van der Waals surface area (Å²) in [5, 5.41) is 0. The average molecular weight is 342 g/mol. The van der Waals surface area contributed by atoms with E-state index in [4.69, 9.17) is 12.2 Å². The van der Waals surface area contributed by atoms with Gasteiger partial charge in [-0.3, -0.25) is 0 Å². The van der Waals surface area contributed by atoms with Crippen LogP contribution in [0.3, 0.4) is 0 Å². The Morgan fingerprint density at radius 3 is 2.69 bits per heavy atom. The van der Waals surface area contributed by atoms with Crippen molar-refractivity contribution in [1.29, 1.82) is 0 Å². The largest absolute Gasteiger partial charge is 0.353 e. The summed E-state index contributed by atoms with van der Waals surface area (Å²) >= 11 is 2.26. The molecular formula is C13H25IO2. The molecule has 0 aromatic carbocycles. The Labute approximate surface area is 116 Å². The van der Waals surface area contributed by atoms with Crippen molar-refractivity contribution in [2.75, 3.05) is 17.6 Å². The van der Waals surface area contributed by atoms with E-state index in [1.807, 2.05) is 0 Å². The molecule has 96 valence electrons. The van der Waals surface area contributed by atoms with Gasteiger partial charge in [-0.05, 0) is 36.5 Å². The highest BCUT2D eigenvalue weighted by molar-refractivity contribution is 14.1. The van der Waals surface area contributed by atoms with Crippen LogP contribution < -0.4 is 0 Å². The van der Waals surface area contributed by atoms with E-state index < -0.39 is 0 Å². The molecule has 2 nitrogen and oxygen atoms in total. The summed E-state index contributed by atoms with van der Waals surface area (Å²) in [4.78, 5) is 0. The molecule has 1 rings (SSSR count). The molecule has 1 aliphatic heterocycles. The van der Waals surface area contributed by atoms with Crippen LogP contribution in [0, 0.1) is 0 Å². The first-order valence-electron chi connectivity index (χ1n) is 7.51. The van der Waals surface area contributed by atoms with Gasteiger partial charge in [-0.2, -0.15) is 0 Å². The average Bonchev–Trinajstić information content (AvgIpc) is 2.42. The molecule has 0 bridgehead atoms. The van der Waals surface area contributed by atoms with Crippen LogP contribution in [-0.2, 0) is 9.47 Å². The first-order chi connectivity index (χ1) is 8.72. The molecule has 3 unspecified atom stereocenters. The minimum Gasteiger partial charge on any atom is -0.353 e. The van der Waals surface area contributed by atoms with Crippen LogP contribution in [0.4, 0.5) is 0 Å². The van der Waals surface area contributed by atoms with Crippen LogP contribution in [0.5, 0.6) is 0 Å². The van der Waals surface area contributed by atoms with Crippen molar-refractivity contribution < 1.29 is 12.2 Å². The van der Waals surface area contributed by atoms with E-state index in [0.29, 0.717) is 6.61 Å². The third-order valence-corrected chi connectivity index (χ3v) is 3.34. The van der Waals surface area contributed by atoms with Gasteiger partial charge in [-0.15, -0.1) is 0 Å². The molecule has 0 aromatic heterocycles. The summed E-state index contributed by atoms with van der Waals surface area (Å²) in [5.74, 6) is 0. The smallest absolute Gasteiger partial charge is 0.157 e. The van der Waals surface area contributed by atoms with Crippen molar-refractivity contribution in [3.05, 3.63) is 0 Å². The zero-order valence-corrected chi connectivity index (χ0v) is 12.2. The van der Waals surface area contributed by atoms with Gasteiger partial charge in [-0.1, -0.05) is 48.3 Å². The van der Waals surface area contributed by atoms with E-state index in [1.54, 1.807) is 0 Å². The second kappa shape index (κ2) is 10.8. The second-order valence-corrected chi connectivity index (χ2v) is 5.03. The van der Waals surface area contributed by atoms with Crippen LogP contribution in [-0.4, -0.2) is 23.9 Å². The van der Waals surface area contributed by atoms with Crippen molar-refractivity contribution in [3.8, 4) is 0 Å². The van der Waals surface area contributed by atoms with Crippen molar-refractivity contribution in [2.45, 2.75) is 64.0 Å². The highest BCUT2D eigenvalue weighted by Crippen LogP contribution is 2.14. The first-order valence-corrected chi connectivity index (χ1v) is 7.88.